The number of pyridine rings is 1. The molecule has 11 heteroatoms. The average molecular weight is 449 g/mol. The largest absolute Gasteiger partial charge is 0.291 e. The van der Waals surface area contributed by atoms with Gasteiger partial charge in [-0.2, -0.15) is 0 Å². The van der Waals surface area contributed by atoms with Gasteiger partial charge in [-0.3, -0.25) is 14.1 Å². The molecule has 0 aliphatic carbocycles. The van der Waals surface area contributed by atoms with Crippen LogP contribution in [0.4, 0.5) is 5.69 Å². The number of aromatic nitrogens is 1. The van der Waals surface area contributed by atoms with Crippen LogP contribution >= 0.6 is 23.2 Å². The fourth-order valence-electron chi connectivity index (χ4n) is 2.91. The highest BCUT2D eigenvalue weighted by molar-refractivity contribution is 7.92. The maximum Gasteiger partial charge on any atom is 0.232 e. The molecule has 1 atom stereocenters. The monoisotopic (exact) mass is 448 g/mol. The molecule has 1 unspecified atom stereocenters. The van der Waals surface area contributed by atoms with Crippen molar-refractivity contribution in [2.24, 2.45) is 0 Å². The molecule has 0 radical (unpaired) electrons. The van der Waals surface area contributed by atoms with Crippen molar-refractivity contribution in [1.29, 1.82) is 0 Å². The average Bonchev–Trinajstić information content (AvgIpc) is 2.55. The molecule has 1 aliphatic rings. The maximum atomic E-state index is 12.9. The molecule has 3 rings (SSSR count). The van der Waals surface area contributed by atoms with Gasteiger partial charge in [0.25, 0.3) is 0 Å². The third kappa shape index (κ3) is 3.44. The predicted octanol–water partition coefficient (Wildman–Crippen LogP) is 2.64. The highest BCUT2D eigenvalue weighted by Crippen LogP contribution is 2.44. The molecule has 2 aromatic rings. The van der Waals surface area contributed by atoms with Crippen LogP contribution < -0.4 is 4.31 Å². The Hall–Kier alpha value is -1.68. The molecule has 144 valence electrons. The predicted molar refractivity (Wildman–Crippen MR) is 104 cm³/mol. The van der Waals surface area contributed by atoms with E-state index in [-0.39, 0.29) is 32.7 Å². The number of anilines is 1. The van der Waals surface area contributed by atoms with Crippen LogP contribution in [0.15, 0.2) is 30.5 Å². The van der Waals surface area contributed by atoms with Crippen LogP contribution in [0.3, 0.4) is 0 Å². The Bertz CT molecular complexity index is 1160. The van der Waals surface area contributed by atoms with E-state index in [4.69, 9.17) is 23.2 Å². The van der Waals surface area contributed by atoms with Crippen molar-refractivity contribution in [2.45, 2.75) is 11.0 Å². The first-order valence-corrected chi connectivity index (χ1v) is 11.9. The Labute approximate surface area is 166 Å². The zero-order chi connectivity index (χ0) is 20.1. The van der Waals surface area contributed by atoms with Gasteiger partial charge in [0.05, 0.1) is 27.7 Å². The minimum absolute atomic E-state index is 0.0101. The summed E-state index contributed by atoms with van der Waals surface area (Å²) in [7, 11) is -6.42. The number of Topliss-reactive ketones (excluding diaryl/α,β-unsaturated/α-hetero) is 1. The summed E-state index contributed by atoms with van der Waals surface area (Å²) in [6, 6.07) is 5.71. The third-order valence-electron chi connectivity index (χ3n) is 4.27. The quantitative estimate of drug-likeness (QED) is 0.714. The Morgan fingerprint density at radius 2 is 1.89 bits per heavy atom. The van der Waals surface area contributed by atoms with Crippen LogP contribution in [0.2, 0.25) is 10.0 Å². The summed E-state index contributed by atoms with van der Waals surface area (Å²) >= 11 is 12.4. The van der Waals surface area contributed by atoms with Crippen LogP contribution in [0.5, 0.6) is 0 Å². The van der Waals surface area contributed by atoms with E-state index in [1.54, 1.807) is 6.07 Å². The number of fused-ring (bicyclic) bond motifs is 1. The molecule has 27 heavy (non-hydrogen) atoms. The van der Waals surface area contributed by atoms with Gasteiger partial charge in [0.2, 0.25) is 15.8 Å². The standard InChI is InChI=1S/C16H14Cl2N2O5S2/c1-20(26(2,22)23)14-11(17)6-5-10(12(14)18)16-15(21)13-9(4-3-7-19-13)8-27(16,24)25/h3-7,16H,8H2,1-2H3. The van der Waals surface area contributed by atoms with Crippen molar-refractivity contribution in [3.8, 4) is 0 Å². The number of halogens is 2. The van der Waals surface area contributed by atoms with Gasteiger partial charge in [-0.25, -0.2) is 16.8 Å². The first-order chi connectivity index (χ1) is 12.4. The van der Waals surface area contributed by atoms with E-state index in [0.29, 0.717) is 5.56 Å². The van der Waals surface area contributed by atoms with Crippen LogP contribution in [0.25, 0.3) is 0 Å². The number of ketones is 1. The van der Waals surface area contributed by atoms with E-state index in [9.17, 15) is 21.6 Å². The molecule has 0 spiro atoms. The van der Waals surface area contributed by atoms with Crippen molar-refractivity contribution in [3.63, 3.8) is 0 Å². The number of sulfonamides is 1. The van der Waals surface area contributed by atoms with Crippen LogP contribution in [0.1, 0.15) is 26.9 Å². The van der Waals surface area contributed by atoms with Gasteiger partial charge in [-0.05, 0) is 23.3 Å². The smallest absolute Gasteiger partial charge is 0.232 e. The van der Waals surface area contributed by atoms with Crippen LogP contribution in [0, 0.1) is 0 Å². The number of hydrogen-bond acceptors (Lipinski definition) is 6. The molecular formula is C16H14Cl2N2O5S2. The molecule has 0 saturated heterocycles. The zero-order valence-electron chi connectivity index (χ0n) is 14.2. The van der Waals surface area contributed by atoms with Crippen LogP contribution in [-0.4, -0.2) is 40.9 Å². The molecule has 1 aliphatic heterocycles. The van der Waals surface area contributed by atoms with Gasteiger partial charge < -0.3 is 0 Å². The highest BCUT2D eigenvalue weighted by atomic mass is 35.5. The minimum Gasteiger partial charge on any atom is -0.291 e. The van der Waals surface area contributed by atoms with Gasteiger partial charge in [-0.1, -0.05) is 35.3 Å². The first-order valence-electron chi connectivity index (χ1n) is 7.56. The van der Waals surface area contributed by atoms with Gasteiger partial charge in [-0.15, -0.1) is 0 Å². The lowest BCUT2D eigenvalue weighted by Gasteiger charge is -2.26. The summed E-state index contributed by atoms with van der Waals surface area (Å²) in [6.45, 7) is 0. The van der Waals surface area contributed by atoms with E-state index >= 15 is 0 Å². The Morgan fingerprint density at radius 3 is 2.52 bits per heavy atom. The molecule has 1 aromatic carbocycles. The number of hydrogen-bond donors (Lipinski definition) is 0. The SMILES string of the molecule is CN(c1c(Cl)ccc(C2C(=O)c3ncccc3CS2(=O)=O)c1Cl)S(C)(=O)=O. The Balaban J connectivity index is 2.24. The molecule has 0 saturated carbocycles. The molecular weight excluding hydrogens is 435 g/mol. The number of rotatable bonds is 3. The minimum atomic E-state index is -3.94. The normalized spacial score (nSPS) is 18.8. The van der Waals surface area contributed by atoms with E-state index in [1.807, 2.05) is 0 Å². The van der Waals surface area contributed by atoms with Crippen molar-refractivity contribution >= 4 is 54.5 Å². The van der Waals surface area contributed by atoms with Crippen molar-refractivity contribution in [1.82, 2.24) is 4.98 Å². The van der Waals surface area contributed by atoms with Crippen molar-refractivity contribution in [2.75, 3.05) is 17.6 Å². The summed E-state index contributed by atoms with van der Waals surface area (Å²) in [5.41, 5.74) is 0.250. The van der Waals surface area contributed by atoms with Gasteiger partial charge in [0.1, 0.15) is 5.69 Å². The van der Waals surface area contributed by atoms with E-state index in [0.717, 1.165) is 10.6 Å². The molecule has 2 heterocycles. The fraction of sp³-hybridized carbons (Fsp3) is 0.250. The fourth-order valence-corrected chi connectivity index (χ4v) is 6.19. The lowest BCUT2D eigenvalue weighted by molar-refractivity contribution is 0.0979. The summed E-state index contributed by atoms with van der Waals surface area (Å²) in [5.74, 6) is -1.09. The molecule has 7 nitrogen and oxygen atoms in total. The second kappa shape index (κ2) is 6.73. The lowest BCUT2D eigenvalue weighted by atomic mass is 10.0. The summed E-state index contributed by atoms with van der Waals surface area (Å²) < 4.78 is 50.2. The summed E-state index contributed by atoms with van der Waals surface area (Å²) in [5, 5.41) is -1.79. The summed E-state index contributed by atoms with van der Waals surface area (Å²) in [4.78, 5) is 16.9. The van der Waals surface area contributed by atoms with Gasteiger partial charge in [0, 0.05) is 13.2 Å². The first kappa shape index (κ1) is 20.1. The third-order valence-corrected chi connectivity index (χ3v) is 8.05. The van der Waals surface area contributed by atoms with E-state index in [1.165, 1.54) is 31.4 Å². The molecule has 0 fully saturated rings. The van der Waals surface area contributed by atoms with Gasteiger partial charge in [0.15, 0.2) is 15.1 Å². The van der Waals surface area contributed by atoms with Gasteiger partial charge >= 0.3 is 0 Å². The zero-order valence-corrected chi connectivity index (χ0v) is 17.3. The highest BCUT2D eigenvalue weighted by Gasteiger charge is 2.43. The summed E-state index contributed by atoms with van der Waals surface area (Å²) in [6.07, 6.45) is 2.35. The Morgan fingerprint density at radius 1 is 1.22 bits per heavy atom. The van der Waals surface area contributed by atoms with E-state index in [2.05, 4.69) is 4.98 Å². The second-order valence-electron chi connectivity index (χ2n) is 6.09. The topological polar surface area (TPSA) is 101 Å². The molecule has 0 N–H and O–H groups in total. The van der Waals surface area contributed by atoms with Crippen molar-refractivity contribution in [3.05, 3.63) is 57.3 Å². The number of benzene rings is 1. The number of carbonyl (C=O) groups excluding carboxylic acids is 1. The Kier molecular flexibility index (Phi) is 5.00. The maximum absolute atomic E-state index is 12.9. The molecule has 0 amide bonds. The second-order valence-corrected chi connectivity index (χ2v) is 11.0. The number of nitrogens with zero attached hydrogens (tertiary/aromatic N) is 2. The molecule has 1 aromatic heterocycles. The number of sulfone groups is 1. The van der Waals surface area contributed by atoms with Crippen LogP contribution in [-0.2, 0) is 25.6 Å². The lowest BCUT2D eigenvalue weighted by Crippen LogP contribution is -2.31. The van der Waals surface area contributed by atoms with E-state index < -0.39 is 30.9 Å². The number of carbonyl (C=O) groups is 1. The van der Waals surface area contributed by atoms with Crippen molar-refractivity contribution < 1.29 is 21.6 Å². The molecule has 0 bridgehead atoms.